The van der Waals surface area contributed by atoms with E-state index >= 15 is 0 Å². The molecular formula is C16H16ClNO4. The molecule has 0 atom stereocenters. The van der Waals surface area contributed by atoms with Crippen LogP contribution in [0.3, 0.4) is 0 Å². The normalized spacial score (nSPS) is 14.3. The molecule has 3 rings (SSSR count). The van der Waals surface area contributed by atoms with Crippen LogP contribution in [0.15, 0.2) is 29.2 Å². The van der Waals surface area contributed by atoms with Crippen molar-refractivity contribution in [1.29, 1.82) is 0 Å². The zero-order chi connectivity index (χ0) is 15.7. The lowest BCUT2D eigenvalue weighted by atomic mass is 10.1. The van der Waals surface area contributed by atoms with Gasteiger partial charge < -0.3 is 14.0 Å². The van der Waals surface area contributed by atoms with Gasteiger partial charge in [0.05, 0.1) is 12.1 Å². The fourth-order valence-electron chi connectivity index (χ4n) is 2.42. The Hall–Kier alpha value is -1.85. The Morgan fingerprint density at radius 3 is 2.82 bits per heavy atom. The van der Waals surface area contributed by atoms with Crippen LogP contribution < -0.4 is 5.43 Å². The van der Waals surface area contributed by atoms with E-state index in [1.807, 2.05) is 10.6 Å². The summed E-state index contributed by atoms with van der Waals surface area (Å²) in [6.07, 6.45) is 3.68. The number of benzene rings is 1. The molecule has 2 aromatic rings. The lowest BCUT2D eigenvalue weighted by molar-refractivity contribution is 0.0386. The largest absolute Gasteiger partial charge is 0.460 e. The Labute approximate surface area is 132 Å². The van der Waals surface area contributed by atoms with Gasteiger partial charge in [0, 0.05) is 29.8 Å². The molecule has 0 radical (unpaired) electrons. The average molecular weight is 322 g/mol. The second-order valence-corrected chi connectivity index (χ2v) is 5.74. The molecule has 1 saturated carbocycles. The maximum absolute atomic E-state index is 12.5. The van der Waals surface area contributed by atoms with Gasteiger partial charge in [0.2, 0.25) is 5.43 Å². The summed E-state index contributed by atoms with van der Waals surface area (Å²) in [6, 6.07) is 5.50. The molecule has 1 aliphatic rings. The smallest absolute Gasteiger partial charge is 0.343 e. The van der Waals surface area contributed by atoms with Gasteiger partial charge in [0.15, 0.2) is 0 Å². The highest BCUT2D eigenvalue weighted by molar-refractivity contribution is 6.31. The van der Waals surface area contributed by atoms with Crippen molar-refractivity contribution in [3.05, 3.63) is 45.2 Å². The summed E-state index contributed by atoms with van der Waals surface area (Å²) in [7, 11) is 1.52. The Balaban J connectivity index is 2.08. The maximum atomic E-state index is 12.5. The molecule has 1 heterocycles. The number of hydrogen-bond acceptors (Lipinski definition) is 4. The van der Waals surface area contributed by atoms with Crippen LogP contribution in [0.4, 0.5) is 0 Å². The number of hydrogen-bond donors (Lipinski definition) is 0. The fraction of sp³-hybridized carbons (Fsp3) is 0.375. The van der Waals surface area contributed by atoms with E-state index < -0.39 is 5.97 Å². The number of carbonyl (C=O) groups excluding carboxylic acids is 1. The highest BCUT2D eigenvalue weighted by atomic mass is 35.5. The van der Waals surface area contributed by atoms with E-state index in [-0.39, 0.29) is 17.6 Å². The van der Waals surface area contributed by atoms with Gasteiger partial charge >= 0.3 is 5.97 Å². The number of carbonyl (C=O) groups is 1. The number of aromatic nitrogens is 1. The van der Waals surface area contributed by atoms with Crippen LogP contribution in [0.25, 0.3) is 10.9 Å². The molecule has 1 fully saturated rings. The summed E-state index contributed by atoms with van der Waals surface area (Å²) in [5, 5.41) is 0.914. The van der Waals surface area contributed by atoms with E-state index in [0.717, 1.165) is 18.4 Å². The minimum Gasteiger partial charge on any atom is -0.460 e. The Morgan fingerprint density at radius 2 is 2.14 bits per heavy atom. The van der Waals surface area contributed by atoms with Gasteiger partial charge in [0.25, 0.3) is 0 Å². The third kappa shape index (κ3) is 2.87. The van der Waals surface area contributed by atoms with E-state index in [2.05, 4.69) is 0 Å². The molecule has 0 bridgehead atoms. The number of nitrogens with zero attached hydrogens (tertiary/aromatic N) is 1. The van der Waals surface area contributed by atoms with Gasteiger partial charge in [-0.15, -0.1) is 0 Å². The van der Waals surface area contributed by atoms with E-state index in [9.17, 15) is 9.59 Å². The lowest BCUT2D eigenvalue weighted by Crippen LogP contribution is -2.21. The maximum Gasteiger partial charge on any atom is 0.343 e. The van der Waals surface area contributed by atoms with Crippen molar-refractivity contribution in [3.8, 4) is 0 Å². The first kappa shape index (κ1) is 15.1. The van der Waals surface area contributed by atoms with Gasteiger partial charge in [0.1, 0.15) is 12.2 Å². The van der Waals surface area contributed by atoms with E-state index in [0.29, 0.717) is 23.1 Å². The molecule has 0 N–H and O–H groups in total. The Bertz CT molecular complexity index is 780. The second kappa shape index (κ2) is 6.10. The molecule has 0 amide bonds. The number of pyridine rings is 1. The van der Waals surface area contributed by atoms with Crippen molar-refractivity contribution in [2.24, 2.45) is 0 Å². The predicted octanol–water partition coefficient (Wildman–Crippen LogP) is 2.79. The van der Waals surface area contributed by atoms with Crippen molar-refractivity contribution in [1.82, 2.24) is 4.57 Å². The van der Waals surface area contributed by atoms with Crippen LogP contribution in [0.2, 0.25) is 5.02 Å². The van der Waals surface area contributed by atoms with E-state index in [1.165, 1.54) is 7.11 Å². The van der Waals surface area contributed by atoms with Crippen molar-refractivity contribution in [2.45, 2.75) is 18.9 Å². The van der Waals surface area contributed by atoms with Crippen LogP contribution in [0, 0.1) is 0 Å². The Kier molecular flexibility index (Phi) is 4.18. The topological polar surface area (TPSA) is 57.5 Å². The molecule has 116 valence electrons. The van der Waals surface area contributed by atoms with Crippen LogP contribution in [0.1, 0.15) is 29.2 Å². The molecule has 0 spiro atoms. The molecule has 0 saturated heterocycles. The highest BCUT2D eigenvalue weighted by Gasteiger charge is 2.27. The molecule has 0 unspecified atom stereocenters. The first-order valence-corrected chi connectivity index (χ1v) is 7.50. The SMILES string of the molecule is COCCOC(=O)c1cn(C2CC2)c2ccc(Cl)cc2c1=O. The quantitative estimate of drug-likeness (QED) is 0.627. The zero-order valence-corrected chi connectivity index (χ0v) is 12.9. The summed E-state index contributed by atoms with van der Waals surface area (Å²) in [6.45, 7) is 0.410. The highest BCUT2D eigenvalue weighted by Crippen LogP contribution is 2.37. The third-order valence-corrected chi connectivity index (χ3v) is 3.91. The molecular weight excluding hydrogens is 306 g/mol. The summed E-state index contributed by atoms with van der Waals surface area (Å²) in [5.74, 6) is -0.627. The number of methoxy groups -OCH3 is 1. The van der Waals surface area contributed by atoms with Gasteiger partial charge in [-0.25, -0.2) is 4.79 Å². The van der Waals surface area contributed by atoms with Crippen molar-refractivity contribution in [2.75, 3.05) is 20.3 Å². The summed E-state index contributed by atoms with van der Waals surface area (Å²) < 4.78 is 11.9. The predicted molar refractivity (Wildman–Crippen MR) is 83.6 cm³/mol. The first-order chi connectivity index (χ1) is 10.6. The fourth-order valence-corrected chi connectivity index (χ4v) is 2.60. The van der Waals surface area contributed by atoms with Gasteiger partial charge in [-0.1, -0.05) is 11.6 Å². The second-order valence-electron chi connectivity index (χ2n) is 5.30. The molecule has 1 aromatic heterocycles. The lowest BCUT2D eigenvalue weighted by Gasteiger charge is -2.12. The molecule has 6 heteroatoms. The number of esters is 1. The van der Waals surface area contributed by atoms with E-state index in [1.54, 1.807) is 18.3 Å². The zero-order valence-electron chi connectivity index (χ0n) is 12.2. The third-order valence-electron chi connectivity index (χ3n) is 3.68. The first-order valence-electron chi connectivity index (χ1n) is 7.12. The van der Waals surface area contributed by atoms with Crippen LogP contribution >= 0.6 is 11.6 Å². The minimum absolute atomic E-state index is 0.0396. The standard InChI is InChI=1S/C16H16ClNO4/c1-21-6-7-22-16(20)13-9-18(11-3-4-11)14-5-2-10(17)8-12(14)15(13)19/h2,5,8-9,11H,3-4,6-7H2,1H3. The van der Waals surface area contributed by atoms with Crippen molar-refractivity contribution >= 4 is 28.5 Å². The molecule has 1 aliphatic carbocycles. The number of halogens is 1. The summed E-state index contributed by atoms with van der Waals surface area (Å²) in [4.78, 5) is 24.7. The van der Waals surface area contributed by atoms with Gasteiger partial charge in [-0.2, -0.15) is 0 Å². The minimum atomic E-state index is -0.627. The monoisotopic (exact) mass is 321 g/mol. The number of ether oxygens (including phenoxy) is 2. The molecule has 5 nitrogen and oxygen atoms in total. The molecule has 0 aliphatic heterocycles. The van der Waals surface area contributed by atoms with Gasteiger partial charge in [-0.3, -0.25) is 4.79 Å². The van der Waals surface area contributed by atoms with Crippen LogP contribution in [-0.4, -0.2) is 30.9 Å². The van der Waals surface area contributed by atoms with Crippen LogP contribution in [-0.2, 0) is 9.47 Å². The number of rotatable bonds is 5. The average Bonchev–Trinajstić information content (AvgIpc) is 3.33. The molecule has 1 aromatic carbocycles. The van der Waals surface area contributed by atoms with Crippen molar-refractivity contribution < 1.29 is 14.3 Å². The summed E-state index contributed by atoms with van der Waals surface area (Å²) >= 11 is 5.99. The summed E-state index contributed by atoms with van der Waals surface area (Å²) in [5.41, 5.74) is 0.486. The molecule has 22 heavy (non-hydrogen) atoms. The Morgan fingerprint density at radius 1 is 1.36 bits per heavy atom. The number of fused-ring (bicyclic) bond motifs is 1. The van der Waals surface area contributed by atoms with Crippen LogP contribution in [0.5, 0.6) is 0 Å². The van der Waals surface area contributed by atoms with Crippen molar-refractivity contribution in [3.63, 3.8) is 0 Å². The van der Waals surface area contributed by atoms with Gasteiger partial charge in [-0.05, 0) is 31.0 Å². The van der Waals surface area contributed by atoms with E-state index in [4.69, 9.17) is 21.1 Å².